The van der Waals surface area contributed by atoms with Gasteiger partial charge >= 0.3 is 0 Å². The molecule has 3 rings (SSSR count). The number of benzene rings is 1. The Morgan fingerprint density at radius 1 is 1.42 bits per heavy atom. The van der Waals surface area contributed by atoms with Crippen molar-refractivity contribution in [1.29, 1.82) is 5.26 Å². The number of carbonyl (C=O) groups excluding carboxylic acids is 1. The largest absolute Gasteiger partial charge is 0.338 e. The topological polar surface area (TPSA) is 104 Å². The summed E-state index contributed by atoms with van der Waals surface area (Å²) in [5.74, 6) is 0.238. The van der Waals surface area contributed by atoms with Crippen LogP contribution in [-0.4, -0.2) is 29.1 Å². The Morgan fingerprint density at radius 2 is 2.17 bits per heavy atom. The molecular weight excluding hydrogens is 330 g/mol. The number of hydrogen-bond donors (Lipinski definition) is 2. The Hall–Kier alpha value is -2.43. The van der Waals surface area contributed by atoms with Crippen molar-refractivity contribution < 1.29 is 9.32 Å². The Morgan fingerprint density at radius 3 is 2.88 bits per heavy atom. The molecule has 124 valence electrons. The van der Waals surface area contributed by atoms with Crippen LogP contribution in [0.4, 0.5) is 5.69 Å². The average Bonchev–Trinajstić information content (AvgIpc) is 3.06. The van der Waals surface area contributed by atoms with E-state index in [9.17, 15) is 10.1 Å². The highest BCUT2D eigenvalue weighted by Crippen LogP contribution is 2.31. The molecule has 1 aliphatic heterocycles. The van der Waals surface area contributed by atoms with Crippen LogP contribution in [0.25, 0.3) is 0 Å². The highest BCUT2D eigenvalue weighted by Gasteiger charge is 2.39. The lowest BCUT2D eigenvalue weighted by atomic mass is 9.80. The average molecular weight is 346 g/mol. The maximum Gasteiger partial charge on any atom is 0.247 e. The molecule has 0 spiro atoms. The Balaban J connectivity index is 1.69. The van der Waals surface area contributed by atoms with Crippen molar-refractivity contribution in [3.63, 3.8) is 0 Å². The smallest absolute Gasteiger partial charge is 0.247 e. The molecule has 1 aromatic carbocycles. The monoisotopic (exact) mass is 345 g/mol. The van der Waals surface area contributed by atoms with Crippen LogP contribution < -0.4 is 10.6 Å². The molecule has 0 bridgehead atoms. The minimum Gasteiger partial charge on any atom is -0.338 e. The number of amides is 1. The number of aromatic nitrogens is 2. The Labute approximate surface area is 144 Å². The summed E-state index contributed by atoms with van der Waals surface area (Å²) in [5, 5.41) is 19.7. The Kier molecular flexibility index (Phi) is 4.79. The van der Waals surface area contributed by atoms with Gasteiger partial charge in [-0.25, -0.2) is 0 Å². The summed E-state index contributed by atoms with van der Waals surface area (Å²) in [6.07, 6.45) is 1.17. The van der Waals surface area contributed by atoms with Gasteiger partial charge in [-0.05, 0) is 38.1 Å². The number of para-hydroxylation sites is 1. The summed E-state index contributed by atoms with van der Waals surface area (Å²) < 4.78 is 5.26. The maximum atomic E-state index is 12.1. The van der Waals surface area contributed by atoms with Gasteiger partial charge in [0.15, 0.2) is 5.82 Å². The zero-order valence-corrected chi connectivity index (χ0v) is 13.6. The van der Waals surface area contributed by atoms with Crippen molar-refractivity contribution in [2.45, 2.75) is 24.7 Å². The molecule has 24 heavy (non-hydrogen) atoms. The Bertz CT molecular complexity index is 777. The lowest BCUT2D eigenvalue weighted by molar-refractivity contribution is -0.115. The van der Waals surface area contributed by atoms with Crippen LogP contribution in [-0.2, 0) is 16.6 Å². The van der Waals surface area contributed by atoms with Gasteiger partial charge in [0, 0.05) is 0 Å². The molecule has 1 fully saturated rings. The first-order chi connectivity index (χ1) is 11.6. The van der Waals surface area contributed by atoms with Gasteiger partial charge in [0.2, 0.25) is 11.8 Å². The number of carbonyl (C=O) groups is 1. The molecule has 1 saturated heterocycles. The molecule has 0 unspecified atom stereocenters. The summed E-state index contributed by atoms with van der Waals surface area (Å²) >= 11 is 6.01. The van der Waals surface area contributed by atoms with E-state index in [0.717, 1.165) is 13.1 Å². The minimum atomic E-state index is -0.768. The van der Waals surface area contributed by atoms with Crippen molar-refractivity contribution in [2.75, 3.05) is 18.4 Å². The third kappa shape index (κ3) is 3.40. The summed E-state index contributed by atoms with van der Waals surface area (Å²) in [5.41, 5.74) is -0.241. The van der Waals surface area contributed by atoms with Gasteiger partial charge in [-0.15, -0.1) is 0 Å². The number of hydrogen-bond acceptors (Lipinski definition) is 6. The van der Waals surface area contributed by atoms with Crippen LogP contribution in [0.3, 0.4) is 0 Å². The fourth-order valence-electron chi connectivity index (χ4n) is 2.65. The molecule has 0 aliphatic carbocycles. The fraction of sp³-hybridized carbons (Fsp3) is 0.375. The first-order valence-electron chi connectivity index (χ1n) is 7.62. The molecule has 0 atom stereocenters. The lowest BCUT2D eigenvalue weighted by Crippen LogP contribution is -2.39. The van der Waals surface area contributed by atoms with Crippen molar-refractivity contribution in [1.82, 2.24) is 15.5 Å². The van der Waals surface area contributed by atoms with Crippen molar-refractivity contribution in [3.8, 4) is 6.07 Å². The maximum absolute atomic E-state index is 12.1. The van der Waals surface area contributed by atoms with Crippen LogP contribution in [0.15, 0.2) is 28.8 Å². The van der Waals surface area contributed by atoms with Crippen molar-refractivity contribution in [2.24, 2.45) is 0 Å². The molecule has 2 heterocycles. The molecule has 0 saturated carbocycles. The van der Waals surface area contributed by atoms with E-state index >= 15 is 0 Å². The predicted octanol–water partition coefficient (Wildman–Crippen LogP) is 2.05. The third-order valence-corrected chi connectivity index (χ3v) is 4.34. The highest BCUT2D eigenvalue weighted by molar-refractivity contribution is 6.33. The first-order valence-corrected chi connectivity index (χ1v) is 8.00. The van der Waals surface area contributed by atoms with Gasteiger partial charge in [0.05, 0.1) is 23.2 Å². The number of halogens is 1. The molecule has 8 heteroatoms. The van der Waals surface area contributed by atoms with Gasteiger partial charge in [-0.1, -0.05) is 28.9 Å². The van der Waals surface area contributed by atoms with E-state index in [1.807, 2.05) is 0 Å². The van der Waals surface area contributed by atoms with E-state index in [0.29, 0.717) is 23.6 Å². The van der Waals surface area contributed by atoms with Crippen molar-refractivity contribution >= 4 is 23.2 Å². The molecule has 1 amide bonds. The van der Waals surface area contributed by atoms with Crippen LogP contribution in [0.1, 0.15) is 24.6 Å². The second kappa shape index (κ2) is 6.99. The van der Waals surface area contributed by atoms with E-state index in [1.54, 1.807) is 24.3 Å². The van der Waals surface area contributed by atoms with E-state index in [-0.39, 0.29) is 24.0 Å². The highest BCUT2D eigenvalue weighted by atomic mass is 35.5. The number of nitriles is 1. The number of anilines is 1. The summed E-state index contributed by atoms with van der Waals surface area (Å²) in [7, 11) is 0. The van der Waals surface area contributed by atoms with Crippen LogP contribution in [0, 0.1) is 11.3 Å². The molecule has 1 aromatic heterocycles. The molecule has 0 radical (unpaired) electrons. The minimum absolute atomic E-state index is 0.0471. The van der Waals surface area contributed by atoms with E-state index < -0.39 is 5.41 Å². The van der Waals surface area contributed by atoms with E-state index in [4.69, 9.17) is 16.1 Å². The second-order valence-corrected chi connectivity index (χ2v) is 6.07. The fourth-order valence-corrected chi connectivity index (χ4v) is 2.83. The van der Waals surface area contributed by atoms with Gasteiger partial charge in [-0.3, -0.25) is 4.79 Å². The summed E-state index contributed by atoms with van der Waals surface area (Å²) in [4.78, 5) is 16.4. The van der Waals surface area contributed by atoms with Crippen LogP contribution >= 0.6 is 11.6 Å². The lowest BCUT2D eigenvalue weighted by Gasteiger charge is -2.27. The zero-order valence-electron chi connectivity index (χ0n) is 12.9. The van der Waals surface area contributed by atoms with Gasteiger partial charge in [0.25, 0.3) is 0 Å². The standard InChI is InChI=1S/C16H16ClN5O2/c17-11-3-1-2-4-12(11)20-14(23)9-13-21-15(24-22-13)16(10-18)5-7-19-8-6-16/h1-4,19H,5-9H2,(H,20,23). The van der Waals surface area contributed by atoms with E-state index in [1.165, 1.54) is 0 Å². The molecule has 1 aliphatic rings. The SMILES string of the molecule is N#CC1(c2nc(CC(=O)Nc3ccccc3Cl)no2)CCNCC1. The molecular formula is C16H16ClN5O2. The second-order valence-electron chi connectivity index (χ2n) is 5.66. The van der Waals surface area contributed by atoms with Crippen LogP contribution in [0.2, 0.25) is 5.02 Å². The molecule has 7 nitrogen and oxygen atoms in total. The first kappa shape index (κ1) is 16.4. The third-order valence-electron chi connectivity index (χ3n) is 4.02. The number of rotatable bonds is 4. The number of nitrogens with one attached hydrogen (secondary N) is 2. The molecule has 2 N–H and O–H groups in total. The quantitative estimate of drug-likeness (QED) is 0.878. The zero-order chi connectivity index (χ0) is 17.0. The normalized spacial score (nSPS) is 16.3. The number of nitrogens with zero attached hydrogens (tertiary/aromatic N) is 3. The molecule has 2 aromatic rings. The van der Waals surface area contributed by atoms with Gasteiger partial charge in [0.1, 0.15) is 5.41 Å². The van der Waals surface area contributed by atoms with Gasteiger partial charge < -0.3 is 15.2 Å². The predicted molar refractivity (Wildman–Crippen MR) is 87.5 cm³/mol. The summed E-state index contributed by atoms with van der Waals surface area (Å²) in [6, 6.07) is 9.26. The number of piperidine rings is 1. The van der Waals surface area contributed by atoms with Crippen LogP contribution in [0.5, 0.6) is 0 Å². The van der Waals surface area contributed by atoms with E-state index in [2.05, 4.69) is 26.8 Å². The van der Waals surface area contributed by atoms with Gasteiger partial charge in [-0.2, -0.15) is 10.2 Å². The van der Waals surface area contributed by atoms with Crippen molar-refractivity contribution in [3.05, 3.63) is 41.0 Å². The summed E-state index contributed by atoms with van der Waals surface area (Å²) in [6.45, 7) is 1.44.